The van der Waals surface area contributed by atoms with E-state index in [2.05, 4.69) is 20.8 Å². The second-order valence-corrected chi connectivity index (χ2v) is 2.75. The zero-order valence-corrected chi connectivity index (χ0v) is 7.66. The van der Waals surface area contributed by atoms with Crippen LogP contribution >= 0.6 is 0 Å². The highest BCUT2D eigenvalue weighted by Gasteiger charge is 2.11. The lowest BCUT2D eigenvalue weighted by atomic mass is 10.1. The fourth-order valence-corrected chi connectivity index (χ4v) is 1.13. The van der Waals surface area contributed by atoms with Crippen molar-refractivity contribution >= 4 is 0 Å². The van der Waals surface area contributed by atoms with Crippen molar-refractivity contribution in [3.63, 3.8) is 0 Å². The van der Waals surface area contributed by atoms with E-state index in [4.69, 9.17) is 10.6 Å². The van der Waals surface area contributed by atoms with E-state index < -0.39 is 0 Å². The van der Waals surface area contributed by atoms with E-state index in [9.17, 15) is 0 Å². The zero-order chi connectivity index (χ0) is 9.52. The molecular weight excluding hydrogens is 170 g/mol. The molecule has 74 valence electrons. The van der Waals surface area contributed by atoms with Gasteiger partial charge in [-0.2, -0.15) is 15.4 Å². The fraction of sp³-hybridized carbons (Fsp3) is 0.714. The Morgan fingerprint density at radius 2 is 2.62 bits per heavy atom. The van der Waals surface area contributed by atoms with Gasteiger partial charge < -0.3 is 4.74 Å². The predicted octanol–water partition coefficient (Wildman–Crippen LogP) is -0.264. The highest BCUT2D eigenvalue weighted by atomic mass is 16.5. The topological polar surface area (TPSA) is 88.9 Å². The van der Waals surface area contributed by atoms with Crippen molar-refractivity contribution in [1.82, 2.24) is 20.8 Å². The number of ether oxygens (including phenoxy) is 1. The lowest BCUT2D eigenvalue weighted by molar-refractivity contribution is 0.188. The van der Waals surface area contributed by atoms with Crippen molar-refractivity contribution in [2.24, 2.45) is 5.84 Å². The number of nitrogens with zero attached hydrogens (tertiary/aromatic N) is 2. The van der Waals surface area contributed by atoms with Crippen LogP contribution in [0, 0.1) is 0 Å². The highest BCUT2D eigenvalue weighted by molar-refractivity contribution is 4.98. The molecule has 0 amide bonds. The molecule has 0 fully saturated rings. The minimum atomic E-state index is 0.0499. The van der Waals surface area contributed by atoms with E-state index in [-0.39, 0.29) is 6.04 Å². The quantitative estimate of drug-likeness (QED) is 0.322. The maximum absolute atomic E-state index is 5.37. The summed E-state index contributed by atoms with van der Waals surface area (Å²) in [6.45, 7) is 0.732. The molecule has 0 spiro atoms. The highest BCUT2D eigenvalue weighted by Crippen LogP contribution is 2.13. The number of nitrogens with one attached hydrogen (secondary N) is 2. The van der Waals surface area contributed by atoms with Gasteiger partial charge in [-0.05, 0) is 12.8 Å². The molecule has 1 unspecified atom stereocenters. The van der Waals surface area contributed by atoms with Crippen LogP contribution in [-0.2, 0) is 4.74 Å². The van der Waals surface area contributed by atoms with E-state index in [1.807, 2.05) is 0 Å². The molecule has 6 heteroatoms. The van der Waals surface area contributed by atoms with Gasteiger partial charge in [-0.15, -0.1) is 0 Å². The third kappa shape index (κ3) is 3.10. The minimum Gasteiger partial charge on any atom is -0.385 e. The number of rotatable bonds is 6. The summed E-state index contributed by atoms with van der Waals surface area (Å²) in [4.78, 5) is 0. The molecule has 0 aliphatic carbocycles. The average molecular weight is 185 g/mol. The zero-order valence-electron chi connectivity index (χ0n) is 7.66. The van der Waals surface area contributed by atoms with Crippen LogP contribution in [0.25, 0.3) is 0 Å². The fourth-order valence-electron chi connectivity index (χ4n) is 1.13. The smallest absolute Gasteiger partial charge is 0.101 e. The van der Waals surface area contributed by atoms with Crippen molar-refractivity contribution < 1.29 is 4.74 Å². The van der Waals surface area contributed by atoms with Crippen LogP contribution in [0.4, 0.5) is 0 Å². The summed E-state index contributed by atoms with van der Waals surface area (Å²) in [6.07, 6.45) is 3.49. The van der Waals surface area contributed by atoms with Crippen molar-refractivity contribution in [2.75, 3.05) is 13.7 Å². The van der Waals surface area contributed by atoms with Crippen LogP contribution in [0.15, 0.2) is 6.20 Å². The molecule has 0 aliphatic rings. The molecule has 4 N–H and O–H groups in total. The summed E-state index contributed by atoms with van der Waals surface area (Å²) >= 11 is 0. The molecule has 1 heterocycles. The van der Waals surface area contributed by atoms with Gasteiger partial charge >= 0.3 is 0 Å². The molecule has 0 radical (unpaired) electrons. The predicted molar refractivity (Wildman–Crippen MR) is 47.6 cm³/mol. The van der Waals surface area contributed by atoms with E-state index in [1.165, 1.54) is 0 Å². The molecule has 0 aromatic carbocycles. The van der Waals surface area contributed by atoms with Gasteiger partial charge in [-0.1, -0.05) is 0 Å². The van der Waals surface area contributed by atoms with Crippen LogP contribution in [-0.4, -0.2) is 29.1 Å². The summed E-state index contributed by atoms with van der Waals surface area (Å²) < 4.78 is 4.94. The largest absolute Gasteiger partial charge is 0.385 e. The number of nitrogens with two attached hydrogens (primary N) is 1. The summed E-state index contributed by atoms with van der Waals surface area (Å²) in [6, 6.07) is 0.0499. The second kappa shape index (κ2) is 5.63. The average Bonchev–Trinajstić information content (AvgIpc) is 2.65. The lowest BCUT2D eigenvalue weighted by Gasteiger charge is -2.11. The molecule has 0 bridgehead atoms. The molecule has 0 saturated carbocycles. The minimum absolute atomic E-state index is 0.0499. The first-order valence-corrected chi connectivity index (χ1v) is 4.19. The molecule has 1 rings (SSSR count). The lowest BCUT2D eigenvalue weighted by Crippen LogP contribution is -2.28. The van der Waals surface area contributed by atoms with Crippen LogP contribution in [0.5, 0.6) is 0 Å². The Morgan fingerprint density at radius 3 is 3.15 bits per heavy atom. The number of hydrogen-bond donors (Lipinski definition) is 3. The molecule has 6 nitrogen and oxygen atoms in total. The molecule has 13 heavy (non-hydrogen) atoms. The van der Waals surface area contributed by atoms with Crippen LogP contribution in [0.1, 0.15) is 24.6 Å². The van der Waals surface area contributed by atoms with E-state index in [1.54, 1.807) is 13.3 Å². The van der Waals surface area contributed by atoms with E-state index in [0.717, 1.165) is 25.1 Å². The summed E-state index contributed by atoms with van der Waals surface area (Å²) in [5, 5.41) is 10.2. The summed E-state index contributed by atoms with van der Waals surface area (Å²) in [5.74, 6) is 5.37. The van der Waals surface area contributed by atoms with Gasteiger partial charge in [0, 0.05) is 13.7 Å². The van der Waals surface area contributed by atoms with E-state index >= 15 is 0 Å². The monoisotopic (exact) mass is 185 g/mol. The summed E-state index contributed by atoms with van der Waals surface area (Å²) in [7, 11) is 1.68. The first kappa shape index (κ1) is 10.1. The Labute approximate surface area is 76.8 Å². The SMILES string of the molecule is COCCCC(NN)c1cn[nH]n1. The van der Waals surface area contributed by atoms with Crippen LogP contribution in [0.3, 0.4) is 0 Å². The van der Waals surface area contributed by atoms with Gasteiger partial charge in [-0.3, -0.25) is 11.3 Å². The number of H-pyrrole nitrogens is 1. The molecule has 1 atom stereocenters. The molecule has 1 aromatic heterocycles. The van der Waals surface area contributed by atoms with Crippen LogP contribution < -0.4 is 11.3 Å². The Morgan fingerprint density at radius 1 is 1.77 bits per heavy atom. The first-order valence-electron chi connectivity index (χ1n) is 4.19. The Kier molecular flexibility index (Phi) is 4.37. The van der Waals surface area contributed by atoms with E-state index in [0.29, 0.717) is 0 Å². The van der Waals surface area contributed by atoms with Crippen molar-refractivity contribution in [3.8, 4) is 0 Å². The molecular formula is C7H15N5O. The van der Waals surface area contributed by atoms with Crippen molar-refractivity contribution in [1.29, 1.82) is 0 Å². The van der Waals surface area contributed by atoms with Crippen molar-refractivity contribution in [3.05, 3.63) is 11.9 Å². The summed E-state index contributed by atoms with van der Waals surface area (Å²) in [5.41, 5.74) is 3.52. The maximum Gasteiger partial charge on any atom is 0.101 e. The van der Waals surface area contributed by atoms with Gasteiger partial charge in [0.25, 0.3) is 0 Å². The number of methoxy groups -OCH3 is 1. The second-order valence-electron chi connectivity index (χ2n) is 2.75. The maximum atomic E-state index is 5.37. The number of hydrazine groups is 1. The third-order valence-electron chi connectivity index (χ3n) is 1.83. The van der Waals surface area contributed by atoms with Gasteiger partial charge in [-0.25, -0.2) is 0 Å². The van der Waals surface area contributed by atoms with Crippen molar-refractivity contribution in [2.45, 2.75) is 18.9 Å². The van der Waals surface area contributed by atoms with Gasteiger partial charge in [0.1, 0.15) is 5.69 Å². The first-order chi connectivity index (χ1) is 6.38. The van der Waals surface area contributed by atoms with Gasteiger partial charge in [0.15, 0.2) is 0 Å². The third-order valence-corrected chi connectivity index (χ3v) is 1.83. The van der Waals surface area contributed by atoms with Gasteiger partial charge in [0.05, 0.1) is 12.2 Å². The molecule has 0 saturated heterocycles. The Balaban J connectivity index is 2.35. The Bertz CT molecular complexity index is 213. The number of hydrogen-bond acceptors (Lipinski definition) is 5. The number of aromatic amines is 1. The molecule has 1 aromatic rings. The Hall–Kier alpha value is -0.980. The standard InChI is InChI=1S/C7H15N5O/c1-13-4-2-3-6(10-8)7-5-9-12-11-7/h5-6,10H,2-4,8H2,1H3,(H,9,11,12). The molecule has 0 aliphatic heterocycles. The normalized spacial score (nSPS) is 13.1. The number of aromatic nitrogens is 3. The van der Waals surface area contributed by atoms with Gasteiger partial charge in [0.2, 0.25) is 0 Å². The van der Waals surface area contributed by atoms with Crippen LogP contribution in [0.2, 0.25) is 0 Å².